The van der Waals surface area contributed by atoms with Gasteiger partial charge in [-0.3, -0.25) is 0 Å². The topological polar surface area (TPSA) is 49.7 Å². The molecule has 2 N–H and O–H groups in total. The number of halogens is 1. The van der Waals surface area contributed by atoms with Crippen LogP contribution in [-0.2, 0) is 6.61 Å². The molecule has 0 unspecified atom stereocenters. The number of benzene rings is 2. The largest absolute Gasteiger partial charge is 0.489 e. The molecule has 0 heterocycles. The van der Waals surface area contributed by atoms with Crippen LogP contribution < -0.4 is 10.2 Å². The Morgan fingerprint density at radius 1 is 1.10 bits per heavy atom. The van der Waals surface area contributed by atoms with Crippen LogP contribution in [0.1, 0.15) is 30.9 Å². The van der Waals surface area contributed by atoms with Crippen LogP contribution in [0.2, 0.25) is 0 Å². The van der Waals surface area contributed by atoms with Crippen LogP contribution in [0.4, 0.5) is 4.39 Å². The predicted molar refractivity (Wildman–Crippen MR) is 81.1 cm³/mol. The molecule has 0 amide bonds. The fraction of sp³-hybridized carbons (Fsp3) is 0.250. The SMILES string of the molecule is CC(C)c1ccc(OCc2cc(F)cc(B(O)O)c2)cc1. The maximum Gasteiger partial charge on any atom is 0.488 e. The first-order valence-electron chi connectivity index (χ1n) is 6.84. The zero-order valence-corrected chi connectivity index (χ0v) is 12.1. The third-order valence-corrected chi connectivity index (χ3v) is 3.23. The van der Waals surface area contributed by atoms with Gasteiger partial charge in [0.2, 0.25) is 0 Å². The number of hydrogen-bond donors (Lipinski definition) is 2. The van der Waals surface area contributed by atoms with Crippen molar-refractivity contribution in [3.63, 3.8) is 0 Å². The summed E-state index contributed by atoms with van der Waals surface area (Å²) in [5, 5.41) is 18.2. The number of hydrogen-bond acceptors (Lipinski definition) is 3. The molecule has 0 saturated heterocycles. The van der Waals surface area contributed by atoms with Crippen LogP contribution >= 0.6 is 0 Å². The Kier molecular flexibility index (Phi) is 4.99. The van der Waals surface area contributed by atoms with Gasteiger partial charge >= 0.3 is 7.12 Å². The first-order chi connectivity index (χ1) is 9.95. The Labute approximate surface area is 124 Å². The molecule has 5 heteroatoms. The van der Waals surface area contributed by atoms with E-state index in [-0.39, 0.29) is 12.1 Å². The van der Waals surface area contributed by atoms with Gasteiger partial charge in [-0.15, -0.1) is 0 Å². The van der Waals surface area contributed by atoms with Gasteiger partial charge in [-0.2, -0.15) is 0 Å². The summed E-state index contributed by atoms with van der Waals surface area (Å²) in [7, 11) is -1.69. The molecule has 110 valence electrons. The molecule has 3 nitrogen and oxygen atoms in total. The summed E-state index contributed by atoms with van der Waals surface area (Å²) in [5.41, 5.74) is 1.88. The van der Waals surface area contributed by atoms with Crippen molar-refractivity contribution < 1.29 is 19.2 Å². The van der Waals surface area contributed by atoms with Gasteiger partial charge < -0.3 is 14.8 Å². The molecule has 21 heavy (non-hydrogen) atoms. The second-order valence-electron chi connectivity index (χ2n) is 5.28. The molecule has 0 spiro atoms. The summed E-state index contributed by atoms with van der Waals surface area (Å²) in [6, 6.07) is 11.6. The minimum Gasteiger partial charge on any atom is -0.489 e. The molecule has 2 aromatic carbocycles. The molecule has 0 fully saturated rings. The third-order valence-electron chi connectivity index (χ3n) is 3.23. The Hall–Kier alpha value is -1.85. The summed E-state index contributed by atoms with van der Waals surface area (Å²) in [5.74, 6) is 0.625. The van der Waals surface area contributed by atoms with Crippen molar-refractivity contribution in [1.82, 2.24) is 0 Å². The van der Waals surface area contributed by atoms with Crippen molar-refractivity contribution in [2.24, 2.45) is 0 Å². The fourth-order valence-corrected chi connectivity index (χ4v) is 2.02. The molecule has 0 aromatic heterocycles. The van der Waals surface area contributed by atoms with Crippen molar-refractivity contribution >= 4 is 12.6 Å². The standard InChI is InChI=1S/C16H18BFO3/c1-11(2)13-3-5-16(6-4-13)21-10-12-7-14(17(19)20)9-15(18)8-12/h3-9,11,19-20H,10H2,1-2H3. The quantitative estimate of drug-likeness (QED) is 0.829. The summed E-state index contributed by atoms with van der Waals surface area (Å²) >= 11 is 0. The highest BCUT2D eigenvalue weighted by Gasteiger charge is 2.13. The molecule has 0 atom stereocenters. The highest BCUT2D eigenvalue weighted by Crippen LogP contribution is 2.19. The summed E-state index contributed by atoms with van der Waals surface area (Å²) < 4.78 is 19.0. The molecule has 0 radical (unpaired) electrons. The smallest absolute Gasteiger partial charge is 0.488 e. The van der Waals surface area contributed by atoms with Crippen molar-refractivity contribution in [2.75, 3.05) is 0 Å². The highest BCUT2D eigenvalue weighted by molar-refractivity contribution is 6.58. The van der Waals surface area contributed by atoms with Crippen LogP contribution in [0.5, 0.6) is 5.75 Å². The summed E-state index contributed by atoms with van der Waals surface area (Å²) in [4.78, 5) is 0. The Morgan fingerprint density at radius 3 is 2.33 bits per heavy atom. The van der Waals surface area contributed by atoms with Gasteiger partial charge in [-0.1, -0.05) is 32.0 Å². The van der Waals surface area contributed by atoms with E-state index in [9.17, 15) is 4.39 Å². The van der Waals surface area contributed by atoms with Gasteiger partial charge in [0.05, 0.1) is 0 Å². The first-order valence-corrected chi connectivity index (χ1v) is 6.84. The second-order valence-corrected chi connectivity index (χ2v) is 5.28. The fourth-order valence-electron chi connectivity index (χ4n) is 2.02. The van der Waals surface area contributed by atoms with Crippen molar-refractivity contribution in [1.29, 1.82) is 0 Å². The van der Waals surface area contributed by atoms with Gasteiger partial charge in [0.1, 0.15) is 18.2 Å². The van der Waals surface area contributed by atoms with E-state index in [1.54, 1.807) is 0 Å². The van der Waals surface area contributed by atoms with E-state index < -0.39 is 12.9 Å². The van der Waals surface area contributed by atoms with E-state index in [0.717, 1.165) is 6.07 Å². The third kappa shape index (κ3) is 4.31. The van der Waals surface area contributed by atoms with Gasteiger partial charge in [-0.25, -0.2) is 4.39 Å². The predicted octanol–water partition coefficient (Wildman–Crippen LogP) is 2.21. The molecule has 0 bridgehead atoms. The van der Waals surface area contributed by atoms with Crippen LogP contribution in [0.25, 0.3) is 0 Å². The Balaban J connectivity index is 2.05. The normalized spacial score (nSPS) is 10.8. The molecule has 0 aliphatic rings. The maximum absolute atomic E-state index is 13.4. The molecule has 2 rings (SSSR count). The molecule has 0 aliphatic carbocycles. The second kappa shape index (κ2) is 6.74. The molecule has 0 aliphatic heterocycles. The number of ether oxygens (including phenoxy) is 1. The zero-order chi connectivity index (χ0) is 15.4. The van der Waals surface area contributed by atoms with Crippen LogP contribution in [0, 0.1) is 5.82 Å². The molecular weight excluding hydrogens is 270 g/mol. The summed E-state index contributed by atoms with van der Waals surface area (Å²) in [6.07, 6.45) is 0. The van der Waals surface area contributed by atoms with E-state index in [1.807, 2.05) is 24.3 Å². The lowest BCUT2D eigenvalue weighted by atomic mass is 9.79. The molecular formula is C16H18BFO3. The maximum atomic E-state index is 13.4. The average Bonchev–Trinajstić information content (AvgIpc) is 2.45. The van der Waals surface area contributed by atoms with Gasteiger partial charge in [0.25, 0.3) is 0 Å². The van der Waals surface area contributed by atoms with Crippen LogP contribution in [0.15, 0.2) is 42.5 Å². The Bertz CT molecular complexity index is 597. The lowest BCUT2D eigenvalue weighted by molar-refractivity contribution is 0.305. The van der Waals surface area contributed by atoms with E-state index in [0.29, 0.717) is 17.2 Å². The first kappa shape index (κ1) is 15.5. The van der Waals surface area contributed by atoms with Gasteiger partial charge in [-0.05, 0) is 46.8 Å². The minimum absolute atomic E-state index is 0.115. The lowest BCUT2D eigenvalue weighted by Crippen LogP contribution is -2.30. The van der Waals surface area contributed by atoms with Crippen LogP contribution in [-0.4, -0.2) is 17.2 Å². The average molecular weight is 288 g/mol. The lowest BCUT2D eigenvalue weighted by Gasteiger charge is -2.10. The highest BCUT2D eigenvalue weighted by atomic mass is 19.1. The number of rotatable bonds is 5. The van der Waals surface area contributed by atoms with Crippen molar-refractivity contribution in [3.05, 3.63) is 59.4 Å². The van der Waals surface area contributed by atoms with Crippen LogP contribution in [0.3, 0.4) is 0 Å². The van der Waals surface area contributed by atoms with Crippen molar-refractivity contribution in [3.8, 4) is 5.75 Å². The molecule has 0 saturated carbocycles. The monoisotopic (exact) mass is 288 g/mol. The van der Waals surface area contributed by atoms with E-state index >= 15 is 0 Å². The minimum atomic E-state index is -1.69. The van der Waals surface area contributed by atoms with E-state index in [1.165, 1.54) is 17.7 Å². The molecule has 2 aromatic rings. The zero-order valence-electron chi connectivity index (χ0n) is 12.1. The Morgan fingerprint density at radius 2 is 1.76 bits per heavy atom. The van der Waals surface area contributed by atoms with Crippen molar-refractivity contribution in [2.45, 2.75) is 26.4 Å². The van der Waals surface area contributed by atoms with E-state index in [4.69, 9.17) is 14.8 Å². The van der Waals surface area contributed by atoms with E-state index in [2.05, 4.69) is 13.8 Å². The van der Waals surface area contributed by atoms with Gasteiger partial charge in [0, 0.05) is 0 Å². The van der Waals surface area contributed by atoms with Gasteiger partial charge in [0.15, 0.2) is 0 Å². The summed E-state index contributed by atoms with van der Waals surface area (Å²) in [6.45, 7) is 4.40.